The Hall–Kier alpha value is -2.29. The molecule has 0 radical (unpaired) electrons. The van der Waals surface area contributed by atoms with Crippen molar-refractivity contribution in [2.24, 2.45) is 5.41 Å². The summed E-state index contributed by atoms with van der Waals surface area (Å²) in [6.45, 7) is 10.0. The number of thiazole rings is 1. The molecule has 1 saturated heterocycles. The van der Waals surface area contributed by atoms with Crippen molar-refractivity contribution in [3.8, 4) is 10.4 Å². The minimum Gasteiger partial charge on any atom is -0.391 e. The van der Waals surface area contributed by atoms with E-state index in [1.165, 1.54) is 4.90 Å². The van der Waals surface area contributed by atoms with Gasteiger partial charge in [0.05, 0.1) is 34.3 Å². The molecule has 8 heteroatoms. The van der Waals surface area contributed by atoms with Crippen LogP contribution in [-0.4, -0.2) is 58.6 Å². The Morgan fingerprint density at radius 2 is 1.91 bits per heavy atom. The molecule has 2 aromatic rings. The summed E-state index contributed by atoms with van der Waals surface area (Å²) >= 11 is 1.61. The zero-order valence-electron chi connectivity index (χ0n) is 19.7. The topological polar surface area (TPSA) is 94.6 Å². The highest BCUT2D eigenvalue weighted by molar-refractivity contribution is 7.13. The summed E-state index contributed by atoms with van der Waals surface area (Å²) in [6, 6.07) is 6.73. The first kappa shape index (κ1) is 24.4. The first-order chi connectivity index (χ1) is 15.0. The second kappa shape index (κ2) is 9.68. The molecule has 1 aromatic heterocycles. The number of β-amino-alcohol motifs (C(OH)–C–C–N with tert-alkyl or cyclic N) is 1. The molecule has 3 rings (SSSR count). The third-order valence-electron chi connectivity index (χ3n) is 6.04. The van der Waals surface area contributed by atoms with Gasteiger partial charge < -0.3 is 20.6 Å². The van der Waals surface area contributed by atoms with Gasteiger partial charge in [-0.15, -0.1) is 11.3 Å². The fraction of sp³-hybridized carbons (Fsp3) is 0.542. The van der Waals surface area contributed by atoms with E-state index in [2.05, 4.69) is 15.6 Å². The standard InChI is InChI=1S/C24H34N4O3S/c1-14(16-7-9-17(10-8-16)20-15(2)26-13-32-20)27-22(30)19-11-18(29)12-28(19)23(31)21(25-6)24(3,4)5/h7-10,13-14,18-19,21,25,29H,11-12H2,1-6H3,(H,27,30)/t14-,18-,19?,21-/m1/s1. The molecule has 174 valence electrons. The Morgan fingerprint density at radius 1 is 1.25 bits per heavy atom. The summed E-state index contributed by atoms with van der Waals surface area (Å²) in [5.41, 5.74) is 4.60. The maximum Gasteiger partial charge on any atom is 0.243 e. The molecule has 1 fully saturated rings. The zero-order valence-corrected chi connectivity index (χ0v) is 20.5. The van der Waals surface area contributed by atoms with Gasteiger partial charge in [0.1, 0.15) is 6.04 Å². The number of likely N-dealkylation sites (tertiary alicyclic amines) is 1. The second-order valence-corrected chi connectivity index (χ2v) is 10.5. The highest BCUT2D eigenvalue weighted by Crippen LogP contribution is 2.29. The Kier molecular flexibility index (Phi) is 7.37. The van der Waals surface area contributed by atoms with Crippen LogP contribution in [-0.2, 0) is 9.59 Å². The highest BCUT2D eigenvalue weighted by Gasteiger charge is 2.43. The molecule has 7 nitrogen and oxygen atoms in total. The van der Waals surface area contributed by atoms with Gasteiger partial charge in [-0.25, -0.2) is 4.98 Å². The molecule has 0 spiro atoms. The van der Waals surface area contributed by atoms with Gasteiger partial charge >= 0.3 is 0 Å². The third-order valence-corrected chi connectivity index (χ3v) is 7.02. The van der Waals surface area contributed by atoms with Crippen molar-refractivity contribution in [1.29, 1.82) is 0 Å². The second-order valence-electron chi connectivity index (χ2n) is 9.60. The number of carbonyl (C=O) groups excluding carboxylic acids is 2. The number of likely N-dealkylation sites (N-methyl/N-ethyl adjacent to an activating group) is 1. The predicted octanol–water partition coefficient (Wildman–Crippen LogP) is 2.89. The Balaban J connectivity index is 1.70. The average molecular weight is 459 g/mol. The normalized spacial score (nSPS) is 20.8. The highest BCUT2D eigenvalue weighted by atomic mass is 32.1. The summed E-state index contributed by atoms with van der Waals surface area (Å²) in [5.74, 6) is -0.401. The number of aliphatic hydroxyl groups excluding tert-OH is 1. The van der Waals surface area contributed by atoms with Crippen molar-refractivity contribution in [1.82, 2.24) is 20.5 Å². The summed E-state index contributed by atoms with van der Waals surface area (Å²) in [7, 11) is 1.74. The number of nitrogens with one attached hydrogen (secondary N) is 2. The predicted molar refractivity (Wildman–Crippen MR) is 127 cm³/mol. The van der Waals surface area contributed by atoms with Crippen LogP contribution in [0.25, 0.3) is 10.4 Å². The van der Waals surface area contributed by atoms with Gasteiger partial charge in [0.25, 0.3) is 0 Å². The summed E-state index contributed by atoms with van der Waals surface area (Å²) in [6.07, 6.45) is -0.460. The zero-order chi connectivity index (χ0) is 23.6. The lowest BCUT2D eigenvalue weighted by molar-refractivity contribution is -0.142. The van der Waals surface area contributed by atoms with E-state index in [0.29, 0.717) is 0 Å². The molecule has 2 amide bonds. The lowest BCUT2D eigenvalue weighted by Crippen LogP contribution is -2.56. The van der Waals surface area contributed by atoms with Crippen LogP contribution in [0.3, 0.4) is 0 Å². The van der Waals surface area contributed by atoms with Crippen LogP contribution in [0.15, 0.2) is 29.8 Å². The summed E-state index contributed by atoms with van der Waals surface area (Å²) < 4.78 is 0. The Bertz CT molecular complexity index is 951. The van der Waals surface area contributed by atoms with Gasteiger partial charge in [-0.2, -0.15) is 0 Å². The molecule has 4 atom stereocenters. The number of hydrogen-bond acceptors (Lipinski definition) is 6. The monoisotopic (exact) mass is 458 g/mol. The van der Waals surface area contributed by atoms with Crippen LogP contribution in [0.5, 0.6) is 0 Å². The number of hydrogen-bond donors (Lipinski definition) is 3. The van der Waals surface area contributed by atoms with Gasteiger partial charge in [0, 0.05) is 13.0 Å². The molecule has 3 N–H and O–H groups in total. The summed E-state index contributed by atoms with van der Waals surface area (Å²) in [5, 5.41) is 16.3. The van der Waals surface area contributed by atoms with E-state index in [-0.39, 0.29) is 36.2 Å². The number of aromatic nitrogens is 1. The fourth-order valence-corrected chi connectivity index (χ4v) is 5.11. The minimum absolute atomic E-state index is 0.159. The van der Waals surface area contributed by atoms with Crippen molar-refractivity contribution in [2.75, 3.05) is 13.6 Å². The summed E-state index contributed by atoms with van der Waals surface area (Å²) in [4.78, 5) is 33.3. The van der Waals surface area contributed by atoms with Crippen LogP contribution < -0.4 is 10.6 Å². The van der Waals surface area contributed by atoms with Crippen LogP contribution in [0.2, 0.25) is 0 Å². The molecule has 32 heavy (non-hydrogen) atoms. The van der Waals surface area contributed by atoms with Gasteiger partial charge in [-0.1, -0.05) is 45.0 Å². The van der Waals surface area contributed by atoms with Gasteiger partial charge in [-0.3, -0.25) is 9.59 Å². The van der Waals surface area contributed by atoms with Crippen molar-refractivity contribution in [3.63, 3.8) is 0 Å². The van der Waals surface area contributed by atoms with E-state index in [4.69, 9.17) is 0 Å². The van der Waals surface area contributed by atoms with Crippen molar-refractivity contribution < 1.29 is 14.7 Å². The van der Waals surface area contributed by atoms with Gasteiger partial charge in [-0.05, 0) is 37.4 Å². The number of carbonyl (C=O) groups is 2. The number of rotatable bonds is 6. The SMILES string of the molecule is CN[C@H](C(=O)N1C[C@H](O)CC1C(=O)N[C@H](C)c1ccc(-c2scnc2C)cc1)C(C)(C)C. The van der Waals surface area contributed by atoms with Crippen LogP contribution in [0, 0.1) is 12.3 Å². The molecule has 0 aliphatic carbocycles. The van der Waals surface area contributed by atoms with E-state index >= 15 is 0 Å². The van der Waals surface area contributed by atoms with Crippen LogP contribution in [0.1, 0.15) is 51.4 Å². The molecule has 0 bridgehead atoms. The van der Waals surface area contributed by atoms with Crippen LogP contribution >= 0.6 is 11.3 Å². The first-order valence-corrected chi connectivity index (χ1v) is 11.9. The number of aliphatic hydroxyl groups is 1. The molecule has 1 aliphatic rings. The van der Waals surface area contributed by atoms with Gasteiger partial charge in [0.2, 0.25) is 11.8 Å². The maximum absolute atomic E-state index is 13.2. The lowest BCUT2D eigenvalue weighted by atomic mass is 9.86. The van der Waals surface area contributed by atoms with E-state index in [1.54, 1.807) is 18.4 Å². The molecule has 1 aromatic carbocycles. The van der Waals surface area contributed by atoms with E-state index in [9.17, 15) is 14.7 Å². The Labute approximate surface area is 194 Å². The maximum atomic E-state index is 13.2. The third kappa shape index (κ3) is 5.19. The fourth-order valence-electron chi connectivity index (χ4n) is 4.29. The number of nitrogens with zero attached hydrogens (tertiary/aromatic N) is 2. The van der Waals surface area contributed by atoms with E-state index < -0.39 is 18.2 Å². The molecule has 0 saturated carbocycles. The quantitative estimate of drug-likeness (QED) is 0.619. The van der Waals surface area contributed by atoms with Crippen molar-refractivity contribution in [2.45, 2.75) is 65.3 Å². The molecular weight excluding hydrogens is 424 g/mol. The lowest BCUT2D eigenvalue weighted by Gasteiger charge is -2.34. The molecular formula is C24H34N4O3S. The number of benzene rings is 1. The van der Waals surface area contributed by atoms with E-state index in [0.717, 1.165) is 21.7 Å². The number of amides is 2. The number of aryl methyl sites for hydroxylation is 1. The smallest absolute Gasteiger partial charge is 0.243 e. The Morgan fingerprint density at radius 3 is 2.44 bits per heavy atom. The minimum atomic E-state index is -0.704. The first-order valence-electron chi connectivity index (χ1n) is 11.0. The molecule has 1 unspecified atom stereocenters. The van der Waals surface area contributed by atoms with E-state index in [1.807, 2.05) is 64.4 Å². The molecule has 1 aliphatic heterocycles. The van der Waals surface area contributed by atoms with Gasteiger partial charge in [0.15, 0.2) is 0 Å². The van der Waals surface area contributed by atoms with Crippen molar-refractivity contribution >= 4 is 23.2 Å². The van der Waals surface area contributed by atoms with Crippen molar-refractivity contribution in [3.05, 3.63) is 41.0 Å². The molecule has 2 heterocycles. The largest absolute Gasteiger partial charge is 0.391 e. The van der Waals surface area contributed by atoms with Crippen LogP contribution in [0.4, 0.5) is 0 Å². The average Bonchev–Trinajstić information content (AvgIpc) is 3.33.